The van der Waals surface area contributed by atoms with E-state index in [0.29, 0.717) is 16.2 Å². The highest BCUT2D eigenvalue weighted by Crippen LogP contribution is 2.29. The molecule has 3 rings (SSSR count). The predicted octanol–water partition coefficient (Wildman–Crippen LogP) is 3.54. The molecule has 19 heavy (non-hydrogen) atoms. The van der Waals surface area contributed by atoms with E-state index in [0.717, 1.165) is 10.8 Å². The third-order valence-corrected chi connectivity index (χ3v) is 3.88. The molecule has 4 heteroatoms. The summed E-state index contributed by atoms with van der Waals surface area (Å²) in [7, 11) is 1.58. The van der Waals surface area contributed by atoms with Crippen molar-refractivity contribution in [3.05, 3.63) is 58.5 Å². The molecule has 0 atom stereocenters. The van der Waals surface area contributed by atoms with E-state index in [1.54, 1.807) is 19.5 Å². The van der Waals surface area contributed by atoms with Crippen molar-refractivity contribution in [3.63, 3.8) is 0 Å². The van der Waals surface area contributed by atoms with Gasteiger partial charge in [-0.25, -0.2) is 0 Å². The largest absolute Gasteiger partial charge is 0.495 e. The monoisotopic (exact) mass is 269 g/mol. The predicted molar refractivity (Wildman–Crippen MR) is 76.0 cm³/mol. The molecule has 0 aliphatic rings. The van der Waals surface area contributed by atoms with Gasteiger partial charge in [-0.05, 0) is 22.9 Å². The van der Waals surface area contributed by atoms with Crippen molar-refractivity contribution in [2.45, 2.75) is 0 Å². The summed E-state index contributed by atoms with van der Waals surface area (Å²) in [5.74, 6) is 0.615. The van der Waals surface area contributed by atoms with Crippen LogP contribution in [-0.2, 0) is 0 Å². The van der Waals surface area contributed by atoms with Crippen LogP contribution in [0.25, 0.3) is 10.8 Å². The van der Waals surface area contributed by atoms with Gasteiger partial charge in [-0.3, -0.25) is 9.78 Å². The van der Waals surface area contributed by atoms with Crippen LogP contribution in [0.2, 0.25) is 0 Å². The standard InChI is InChI=1S/C15H11NO2S/c1-18-13-6-8-19-15(13)14(17)12-4-2-3-10-9-16-7-5-11(10)12/h2-9H,1H3. The summed E-state index contributed by atoms with van der Waals surface area (Å²) in [5.41, 5.74) is 0.681. The molecule has 1 aromatic carbocycles. The van der Waals surface area contributed by atoms with Crippen molar-refractivity contribution >= 4 is 27.9 Å². The highest BCUT2D eigenvalue weighted by Gasteiger charge is 2.17. The topological polar surface area (TPSA) is 39.2 Å². The second-order valence-electron chi connectivity index (χ2n) is 4.05. The summed E-state index contributed by atoms with van der Waals surface area (Å²) in [4.78, 5) is 17.3. The van der Waals surface area contributed by atoms with Gasteiger partial charge in [0.2, 0.25) is 5.78 Å². The summed E-state index contributed by atoms with van der Waals surface area (Å²) in [6.45, 7) is 0. The highest BCUT2D eigenvalue weighted by molar-refractivity contribution is 7.12. The van der Waals surface area contributed by atoms with Gasteiger partial charge in [0.15, 0.2) is 0 Å². The number of methoxy groups -OCH3 is 1. The Bertz CT molecular complexity index is 743. The minimum atomic E-state index is -0.0105. The molecule has 0 aliphatic carbocycles. The Balaban J connectivity index is 2.17. The number of rotatable bonds is 3. The van der Waals surface area contributed by atoms with Crippen LogP contribution >= 0.6 is 11.3 Å². The average Bonchev–Trinajstić information content (AvgIpc) is 2.94. The molecule has 3 nitrogen and oxygen atoms in total. The number of nitrogens with zero attached hydrogens (tertiary/aromatic N) is 1. The number of benzene rings is 1. The molecule has 3 aromatic rings. The van der Waals surface area contributed by atoms with E-state index < -0.39 is 0 Å². The Kier molecular flexibility index (Phi) is 3.01. The number of hydrogen-bond donors (Lipinski definition) is 0. The fourth-order valence-electron chi connectivity index (χ4n) is 2.07. The lowest BCUT2D eigenvalue weighted by Crippen LogP contribution is -2.01. The number of ether oxygens (including phenoxy) is 1. The fraction of sp³-hybridized carbons (Fsp3) is 0.0667. The first-order chi connectivity index (χ1) is 9.31. The highest BCUT2D eigenvalue weighted by atomic mass is 32.1. The molecule has 94 valence electrons. The maximum absolute atomic E-state index is 12.6. The number of carbonyl (C=O) groups excluding carboxylic acids is 1. The number of carbonyl (C=O) groups is 1. The molecule has 0 radical (unpaired) electrons. The van der Waals surface area contributed by atoms with Crippen molar-refractivity contribution < 1.29 is 9.53 Å². The van der Waals surface area contributed by atoms with Crippen molar-refractivity contribution in [3.8, 4) is 5.75 Å². The van der Waals surface area contributed by atoms with Crippen molar-refractivity contribution in [1.82, 2.24) is 4.98 Å². The van der Waals surface area contributed by atoms with Crippen molar-refractivity contribution in [1.29, 1.82) is 0 Å². The van der Waals surface area contributed by atoms with Crippen molar-refractivity contribution in [2.75, 3.05) is 7.11 Å². The molecule has 2 heterocycles. The van der Waals surface area contributed by atoms with Gasteiger partial charge in [-0.15, -0.1) is 11.3 Å². The third kappa shape index (κ3) is 2.00. The van der Waals surface area contributed by atoms with E-state index in [2.05, 4.69) is 4.98 Å². The van der Waals surface area contributed by atoms with Gasteiger partial charge in [0.25, 0.3) is 0 Å². The van der Waals surface area contributed by atoms with Gasteiger partial charge in [0.1, 0.15) is 10.6 Å². The maximum atomic E-state index is 12.6. The van der Waals surface area contributed by atoms with Crippen LogP contribution < -0.4 is 4.74 Å². The minimum Gasteiger partial charge on any atom is -0.495 e. The van der Waals surface area contributed by atoms with Gasteiger partial charge in [-0.2, -0.15) is 0 Å². The molecule has 0 unspecified atom stereocenters. The zero-order valence-electron chi connectivity index (χ0n) is 10.3. The molecule has 2 aromatic heterocycles. The van der Waals surface area contributed by atoms with E-state index in [9.17, 15) is 4.79 Å². The smallest absolute Gasteiger partial charge is 0.207 e. The van der Waals surface area contributed by atoms with Crippen LogP contribution in [0.1, 0.15) is 15.2 Å². The first kappa shape index (κ1) is 11.9. The first-order valence-corrected chi connectivity index (χ1v) is 6.68. The molecule has 0 aliphatic heterocycles. The zero-order chi connectivity index (χ0) is 13.2. The van der Waals surface area contributed by atoms with Gasteiger partial charge in [0, 0.05) is 23.3 Å². The minimum absolute atomic E-state index is 0.0105. The summed E-state index contributed by atoms with van der Waals surface area (Å²) < 4.78 is 5.22. The van der Waals surface area contributed by atoms with Crippen molar-refractivity contribution in [2.24, 2.45) is 0 Å². The van der Waals surface area contributed by atoms with Crippen LogP contribution in [0.4, 0.5) is 0 Å². The number of thiophene rings is 1. The number of hydrogen-bond acceptors (Lipinski definition) is 4. The third-order valence-electron chi connectivity index (χ3n) is 2.98. The molecule has 0 saturated carbocycles. The molecule has 0 amide bonds. The van der Waals surface area contributed by atoms with Gasteiger partial charge in [0.05, 0.1) is 7.11 Å². The summed E-state index contributed by atoms with van der Waals surface area (Å²) >= 11 is 1.40. The van der Waals surface area contributed by atoms with Crippen LogP contribution in [-0.4, -0.2) is 17.9 Å². The van der Waals surface area contributed by atoms with Crippen LogP contribution in [0.15, 0.2) is 48.1 Å². The number of aromatic nitrogens is 1. The van der Waals surface area contributed by atoms with Crippen LogP contribution in [0, 0.1) is 0 Å². The molecule has 0 fully saturated rings. The van der Waals surface area contributed by atoms with E-state index in [4.69, 9.17) is 4.74 Å². The fourth-order valence-corrected chi connectivity index (χ4v) is 2.88. The lowest BCUT2D eigenvalue weighted by Gasteiger charge is -2.05. The molecular formula is C15H11NO2S. The molecule has 0 spiro atoms. The quantitative estimate of drug-likeness (QED) is 0.683. The second kappa shape index (κ2) is 4.82. The van der Waals surface area contributed by atoms with E-state index >= 15 is 0 Å². The summed E-state index contributed by atoms with van der Waals surface area (Å²) in [6, 6.07) is 9.33. The Labute approximate surface area is 114 Å². The molecule has 0 bridgehead atoms. The Hall–Kier alpha value is -2.20. The zero-order valence-corrected chi connectivity index (χ0v) is 11.1. The first-order valence-electron chi connectivity index (χ1n) is 5.80. The molecule has 0 saturated heterocycles. The van der Waals surface area contributed by atoms with Crippen LogP contribution in [0.5, 0.6) is 5.75 Å². The summed E-state index contributed by atoms with van der Waals surface area (Å²) in [6.07, 6.45) is 3.46. The normalized spacial score (nSPS) is 10.6. The Morgan fingerprint density at radius 1 is 1.26 bits per heavy atom. The number of pyridine rings is 1. The van der Waals surface area contributed by atoms with E-state index in [1.807, 2.05) is 35.7 Å². The van der Waals surface area contributed by atoms with Gasteiger partial charge < -0.3 is 4.74 Å². The Morgan fingerprint density at radius 2 is 2.16 bits per heavy atom. The second-order valence-corrected chi connectivity index (χ2v) is 4.97. The summed E-state index contributed by atoms with van der Waals surface area (Å²) in [5, 5.41) is 3.74. The Morgan fingerprint density at radius 3 is 3.00 bits per heavy atom. The van der Waals surface area contributed by atoms with E-state index in [1.165, 1.54) is 11.3 Å². The molecular weight excluding hydrogens is 258 g/mol. The lowest BCUT2D eigenvalue weighted by atomic mass is 10.0. The lowest BCUT2D eigenvalue weighted by molar-refractivity contribution is 0.104. The maximum Gasteiger partial charge on any atom is 0.207 e. The average molecular weight is 269 g/mol. The van der Waals surface area contributed by atoms with Crippen LogP contribution in [0.3, 0.4) is 0 Å². The SMILES string of the molecule is COc1ccsc1C(=O)c1cccc2cnccc12. The number of fused-ring (bicyclic) bond motifs is 1. The molecule has 0 N–H and O–H groups in total. The van der Waals surface area contributed by atoms with E-state index in [-0.39, 0.29) is 5.78 Å². The van der Waals surface area contributed by atoms with Gasteiger partial charge in [-0.1, -0.05) is 18.2 Å². The number of ketones is 1. The van der Waals surface area contributed by atoms with Gasteiger partial charge >= 0.3 is 0 Å².